The predicted octanol–water partition coefficient (Wildman–Crippen LogP) is 1.60. The summed E-state index contributed by atoms with van der Waals surface area (Å²) in [4.78, 5) is 24.3. The minimum atomic E-state index is -0.319. The van der Waals surface area contributed by atoms with Gasteiger partial charge in [-0.3, -0.25) is 4.79 Å². The summed E-state index contributed by atoms with van der Waals surface area (Å²) >= 11 is 0. The van der Waals surface area contributed by atoms with Gasteiger partial charge in [-0.05, 0) is 0 Å². The van der Waals surface area contributed by atoms with E-state index in [1.54, 1.807) is 17.0 Å². The summed E-state index contributed by atoms with van der Waals surface area (Å²) in [6, 6.07) is 0. The molecule has 0 bridgehead atoms. The van der Waals surface area contributed by atoms with Crippen molar-refractivity contribution in [3.8, 4) is 0 Å². The number of hydrogen-bond acceptors (Lipinski definition) is 4. The van der Waals surface area contributed by atoms with E-state index in [0.29, 0.717) is 22.6 Å². The molecule has 0 saturated heterocycles. The minimum Gasteiger partial charge on any atom is -0.318 e. The van der Waals surface area contributed by atoms with E-state index in [2.05, 4.69) is 33.4 Å². The first-order valence-electron chi connectivity index (χ1n) is 5.56. The van der Waals surface area contributed by atoms with E-state index in [4.69, 9.17) is 0 Å². The molecule has 0 saturated carbocycles. The summed E-state index contributed by atoms with van der Waals surface area (Å²) in [6.07, 6.45) is 7.54. The second kappa shape index (κ2) is 5.26. The molecule has 0 atom stereocenters. The summed E-state index contributed by atoms with van der Waals surface area (Å²) in [7, 11) is 1.82. The Labute approximate surface area is 110 Å². The van der Waals surface area contributed by atoms with Crippen molar-refractivity contribution < 1.29 is 4.79 Å². The van der Waals surface area contributed by atoms with Gasteiger partial charge in [-0.15, -0.1) is 0 Å². The van der Waals surface area contributed by atoms with Gasteiger partial charge in [-0.1, -0.05) is 31.4 Å². The van der Waals surface area contributed by atoms with Crippen LogP contribution in [-0.4, -0.2) is 25.4 Å². The van der Waals surface area contributed by atoms with E-state index in [9.17, 15) is 4.79 Å². The SMILES string of the molecule is C=C/C=C(\C=C)C(=O)Nc1ncnc2c1ncn2C. The third-order valence-corrected chi connectivity index (χ3v) is 2.51. The number of fused-ring (bicyclic) bond motifs is 1. The lowest BCUT2D eigenvalue weighted by Crippen LogP contribution is -2.14. The molecule has 1 N–H and O–H groups in total. The fourth-order valence-electron chi connectivity index (χ4n) is 1.58. The molecule has 19 heavy (non-hydrogen) atoms. The van der Waals surface area contributed by atoms with Gasteiger partial charge in [0.05, 0.1) is 6.33 Å². The molecule has 0 unspecified atom stereocenters. The predicted molar refractivity (Wildman–Crippen MR) is 73.4 cm³/mol. The van der Waals surface area contributed by atoms with Gasteiger partial charge in [0.25, 0.3) is 5.91 Å². The average molecular weight is 255 g/mol. The van der Waals surface area contributed by atoms with Gasteiger partial charge in [0.1, 0.15) is 6.33 Å². The van der Waals surface area contributed by atoms with Gasteiger partial charge in [-0.2, -0.15) is 0 Å². The Morgan fingerprint density at radius 3 is 2.84 bits per heavy atom. The highest BCUT2D eigenvalue weighted by atomic mass is 16.1. The number of aromatic nitrogens is 4. The van der Waals surface area contributed by atoms with Gasteiger partial charge >= 0.3 is 0 Å². The smallest absolute Gasteiger partial charge is 0.256 e. The number of aryl methyl sites for hydroxylation is 1. The maximum atomic E-state index is 12.0. The van der Waals surface area contributed by atoms with Crippen LogP contribution in [-0.2, 0) is 11.8 Å². The number of hydrogen-bond donors (Lipinski definition) is 1. The average Bonchev–Trinajstić information content (AvgIpc) is 2.79. The number of nitrogens with zero attached hydrogens (tertiary/aromatic N) is 4. The van der Waals surface area contributed by atoms with E-state index >= 15 is 0 Å². The third kappa shape index (κ3) is 2.42. The number of nitrogens with one attached hydrogen (secondary N) is 1. The quantitative estimate of drug-likeness (QED) is 0.665. The van der Waals surface area contributed by atoms with Crippen LogP contribution in [0.1, 0.15) is 0 Å². The van der Waals surface area contributed by atoms with E-state index in [-0.39, 0.29) is 5.91 Å². The molecule has 6 heteroatoms. The maximum Gasteiger partial charge on any atom is 0.256 e. The van der Waals surface area contributed by atoms with Crippen LogP contribution in [0.2, 0.25) is 0 Å². The molecule has 0 aliphatic carbocycles. The molecule has 2 rings (SSSR count). The van der Waals surface area contributed by atoms with Crippen molar-refractivity contribution in [3.05, 3.63) is 49.6 Å². The van der Waals surface area contributed by atoms with Crippen molar-refractivity contribution >= 4 is 22.9 Å². The minimum absolute atomic E-state index is 0.319. The highest BCUT2D eigenvalue weighted by Gasteiger charge is 2.12. The largest absolute Gasteiger partial charge is 0.318 e. The van der Waals surface area contributed by atoms with Crippen LogP contribution < -0.4 is 5.32 Å². The number of carbonyl (C=O) groups excluding carboxylic acids is 1. The lowest BCUT2D eigenvalue weighted by Gasteiger charge is -2.04. The molecule has 2 heterocycles. The second-order valence-electron chi connectivity index (χ2n) is 3.77. The molecule has 0 radical (unpaired) electrons. The number of anilines is 1. The van der Waals surface area contributed by atoms with Crippen molar-refractivity contribution in [1.29, 1.82) is 0 Å². The zero-order valence-corrected chi connectivity index (χ0v) is 10.5. The molecule has 6 nitrogen and oxygen atoms in total. The monoisotopic (exact) mass is 255 g/mol. The maximum absolute atomic E-state index is 12.0. The summed E-state index contributed by atoms with van der Waals surface area (Å²) in [5, 5.41) is 2.68. The molecule has 2 aromatic heterocycles. The standard InChI is InChI=1S/C13H13N5O/c1-4-6-9(5-2)13(19)17-11-10-12(15-7-14-11)18(3)8-16-10/h4-8H,1-2H2,3H3,(H,14,15,17,19)/b9-6+. The Bertz CT molecular complexity index is 683. The van der Waals surface area contributed by atoms with Crippen molar-refractivity contribution in [2.24, 2.45) is 7.05 Å². The Morgan fingerprint density at radius 2 is 2.16 bits per heavy atom. The van der Waals surface area contributed by atoms with Crippen LogP contribution in [0.5, 0.6) is 0 Å². The molecule has 0 aliphatic heterocycles. The summed E-state index contributed by atoms with van der Waals surface area (Å²) in [5.41, 5.74) is 1.59. The molecule has 0 aliphatic rings. The zero-order chi connectivity index (χ0) is 13.8. The fraction of sp³-hybridized carbons (Fsp3) is 0.0769. The van der Waals surface area contributed by atoms with Crippen molar-refractivity contribution in [1.82, 2.24) is 19.5 Å². The van der Waals surface area contributed by atoms with E-state index in [0.717, 1.165) is 0 Å². The summed E-state index contributed by atoms with van der Waals surface area (Å²) in [6.45, 7) is 7.13. The van der Waals surface area contributed by atoms with Crippen molar-refractivity contribution in [3.63, 3.8) is 0 Å². The first-order valence-corrected chi connectivity index (χ1v) is 5.56. The number of carbonyl (C=O) groups is 1. The van der Waals surface area contributed by atoms with Crippen LogP contribution in [0.15, 0.2) is 49.6 Å². The lowest BCUT2D eigenvalue weighted by molar-refractivity contribution is -0.112. The first kappa shape index (κ1) is 12.7. The fourth-order valence-corrected chi connectivity index (χ4v) is 1.58. The van der Waals surface area contributed by atoms with Crippen molar-refractivity contribution in [2.45, 2.75) is 0 Å². The van der Waals surface area contributed by atoms with Crippen LogP contribution >= 0.6 is 0 Å². The molecule has 96 valence electrons. The normalized spacial score (nSPS) is 11.3. The molecule has 1 amide bonds. The summed E-state index contributed by atoms with van der Waals surface area (Å²) in [5.74, 6) is 0.0490. The van der Waals surface area contributed by atoms with Crippen LogP contribution in [0.3, 0.4) is 0 Å². The Morgan fingerprint density at radius 1 is 1.37 bits per heavy atom. The van der Waals surface area contributed by atoms with Crippen molar-refractivity contribution in [2.75, 3.05) is 5.32 Å². The van der Waals surface area contributed by atoms with Crippen LogP contribution in [0.4, 0.5) is 5.82 Å². The molecular formula is C13H13N5O. The van der Waals surface area contributed by atoms with Gasteiger partial charge in [0.15, 0.2) is 17.0 Å². The number of amides is 1. The van der Waals surface area contributed by atoms with Crippen LogP contribution in [0, 0.1) is 0 Å². The first-order chi connectivity index (χ1) is 9.17. The van der Waals surface area contributed by atoms with Gasteiger partial charge in [0.2, 0.25) is 0 Å². The highest BCUT2D eigenvalue weighted by molar-refractivity contribution is 6.08. The van der Waals surface area contributed by atoms with Gasteiger partial charge in [0, 0.05) is 12.6 Å². The number of imidazole rings is 1. The van der Waals surface area contributed by atoms with E-state index in [1.807, 2.05) is 7.05 Å². The summed E-state index contributed by atoms with van der Waals surface area (Å²) < 4.78 is 1.75. The lowest BCUT2D eigenvalue weighted by atomic mass is 10.2. The topological polar surface area (TPSA) is 72.7 Å². The van der Waals surface area contributed by atoms with Gasteiger partial charge < -0.3 is 9.88 Å². The van der Waals surface area contributed by atoms with E-state index in [1.165, 1.54) is 18.5 Å². The Kier molecular flexibility index (Phi) is 3.51. The molecule has 2 aromatic rings. The van der Waals surface area contributed by atoms with Gasteiger partial charge in [-0.25, -0.2) is 15.0 Å². The van der Waals surface area contributed by atoms with Crippen LogP contribution in [0.25, 0.3) is 11.2 Å². The molecule has 0 spiro atoms. The zero-order valence-electron chi connectivity index (χ0n) is 10.5. The molecule has 0 fully saturated rings. The molecule has 0 aromatic carbocycles. The van der Waals surface area contributed by atoms with E-state index < -0.39 is 0 Å². The Hall–Kier alpha value is -2.76. The highest BCUT2D eigenvalue weighted by Crippen LogP contribution is 2.17. The molecular weight excluding hydrogens is 242 g/mol. The third-order valence-electron chi connectivity index (χ3n) is 2.51. The second-order valence-corrected chi connectivity index (χ2v) is 3.77. The Balaban J connectivity index is 2.36. The number of allylic oxidation sites excluding steroid dienone is 2. The number of rotatable bonds is 4.